The van der Waals surface area contributed by atoms with Crippen molar-refractivity contribution >= 4 is 23.2 Å². The Labute approximate surface area is 274 Å². The molecule has 4 heterocycles. The number of hydrogen-bond donors (Lipinski definition) is 1. The van der Waals surface area contributed by atoms with Gasteiger partial charge in [-0.15, -0.1) is 10.2 Å². The summed E-state index contributed by atoms with van der Waals surface area (Å²) in [5, 5.41) is 19.9. The summed E-state index contributed by atoms with van der Waals surface area (Å²) in [7, 11) is 0. The largest absolute Gasteiger partial charge is 0.487 e. The highest BCUT2D eigenvalue weighted by molar-refractivity contribution is 6.32. The highest BCUT2D eigenvalue weighted by Crippen LogP contribution is 2.36. The smallest absolute Gasteiger partial charge is 0.257 e. The minimum Gasteiger partial charge on any atom is -0.487 e. The maximum Gasteiger partial charge on any atom is 0.257 e. The van der Waals surface area contributed by atoms with Gasteiger partial charge in [-0.2, -0.15) is 0 Å². The third kappa shape index (κ3) is 7.94. The molecule has 6 rings (SSSR count). The van der Waals surface area contributed by atoms with Gasteiger partial charge < -0.3 is 19.5 Å². The maximum absolute atomic E-state index is 6.45. The van der Waals surface area contributed by atoms with E-state index >= 15 is 0 Å². The van der Waals surface area contributed by atoms with Gasteiger partial charge in [0.25, 0.3) is 5.88 Å². The third-order valence-corrected chi connectivity index (χ3v) is 8.69. The topological polar surface area (TPSA) is 130 Å². The molecule has 4 aromatic rings. The predicted molar refractivity (Wildman–Crippen MR) is 175 cm³/mol. The van der Waals surface area contributed by atoms with Crippen molar-refractivity contribution < 1.29 is 14.2 Å². The van der Waals surface area contributed by atoms with Crippen molar-refractivity contribution in [1.82, 2.24) is 44.9 Å². The van der Waals surface area contributed by atoms with Crippen LogP contribution in [0.15, 0.2) is 43.1 Å². The fraction of sp³-hybridized carbons (Fsp3) is 0.562. The van der Waals surface area contributed by atoms with Gasteiger partial charge in [-0.3, -0.25) is 9.58 Å². The highest BCUT2D eigenvalue weighted by atomic mass is 35.5. The summed E-state index contributed by atoms with van der Waals surface area (Å²) in [5.74, 6) is 1.57. The molecule has 1 aliphatic heterocycles. The maximum atomic E-state index is 6.45. The molecule has 3 aromatic heterocycles. The van der Waals surface area contributed by atoms with E-state index in [-0.39, 0.29) is 24.4 Å². The molecule has 2 aliphatic rings. The van der Waals surface area contributed by atoms with E-state index in [1.54, 1.807) is 23.4 Å². The molecule has 0 amide bonds. The molecule has 246 valence electrons. The quantitative estimate of drug-likeness (QED) is 0.219. The molecule has 13 nitrogen and oxygen atoms in total. The first-order chi connectivity index (χ1) is 22.2. The van der Waals surface area contributed by atoms with Gasteiger partial charge in [-0.05, 0) is 88.4 Å². The number of morpholine rings is 1. The molecule has 1 saturated carbocycles. The van der Waals surface area contributed by atoms with Crippen molar-refractivity contribution in [1.29, 1.82) is 0 Å². The summed E-state index contributed by atoms with van der Waals surface area (Å²) in [6.45, 7) is 12.8. The monoisotopic (exact) mass is 650 g/mol. The Morgan fingerprint density at radius 3 is 2.37 bits per heavy atom. The van der Waals surface area contributed by atoms with Gasteiger partial charge in [0.1, 0.15) is 23.9 Å². The molecule has 0 unspecified atom stereocenters. The number of anilines is 2. The second kappa shape index (κ2) is 14.3. The van der Waals surface area contributed by atoms with Crippen LogP contribution in [0, 0.1) is 0 Å². The van der Waals surface area contributed by atoms with Crippen LogP contribution in [-0.2, 0) is 11.3 Å². The van der Waals surface area contributed by atoms with Crippen LogP contribution in [0.5, 0.6) is 11.6 Å². The Kier molecular flexibility index (Phi) is 10.00. The Hall–Kier alpha value is -3.81. The van der Waals surface area contributed by atoms with Gasteiger partial charge in [0.15, 0.2) is 0 Å². The lowest BCUT2D eigenvalue weighted by molar-refractivity contribution is -0.0852. The average Bonchev–Trinajstić information content (AvgIpc) is 3.68. The zero-order chi connectivity index (χ0) is 32.2. The zero-order valence-electron chi connectivity index (χ0n) is 27.1. The van der Waals surface area contributed by atoms with Crippen molar-refractivity contribution in [3.05, 3.63) is 48.1 Å². The fourth-order valence-electron chi connectivity index (χ4n) is 6.38. The number of hydrogen-bond acceptors (Lipinski definition) is 11. The number of aromatic nitrogens is 8. The van der Waals surface area contributed by atoms with Gasteiger partial charge in [-0.25, -0.2) is 14.6 Å². The summed E-state index contributed by atoms with van der Waals surface area (Å²) < 4.78 is 21.8. The molecular weight excluding hydrogens is 608 g/mol. The van der Waals surface area contributed by atoms with Crippen LogP contribution >= 0.6 is 11.6 Å². The second-order valence-electron chi connectivity index (χ2n) is 12.7. The van der Waals surface area contributed by atoms with Crippen LogP contribution in [0.4, 0.5) is 11.6 Å². The Balaban J connectivity index is 1.11. The molecule has 1 saturated heterocycles. The minimum atomic E-state index is -0.199. The molecule has 1 N–H and O–H groups in total. The van der Waals surface area contributed by atoms with Crippen LogP contribution in [0.25, 0.3) is 11.1 Å². The summed E-state index contributed by atoms with van der Waals surface area (Å²) in [5.41, 5.74) is 2.46. The number of ether oxygens (including phenoxy) is 3. The lowest BCUT2D eigenvalue weighted by atomic mass is 9.89. The highest BCUT2D eigenvalue weighted by Gasteiger charge is 2.32. The molecule has 1 aromatic carbocycles. The van der Waals surface area contributed by atoms with E-state index in [4.69, 9.17) is 30.9 Å². The summed E-state index contributed by atoms with van der Waals surface area (Å²) in [6.07, 6.45) is 11.9. The molecule has 46 heavy (non-hydrogen) atoms. The van der Waals surface area contributed by atoms with E-state index in [0.717, 1.165) is 55.6 Å². The first kappa shape index (κ1) is 32.1. The fourth-order valence-corrected chi connectivity index (χ4v) is 6.54. The Bertz CT molecular complexity index is 1550. The summed E-state index contributed by atoms with van der Waals surface area (Å²) in [4.78, 5) is 11.8. The number of nitrogens with zero attached hydrogens (tertiary/aromatic N) is 9. The van der Waals surface area contributed by atoms with Crippen molar-refractivity contribution in [3.8, 4) is 22.8 Å². The average molecular weight is 651 g/mol. The molecule has 14 heteroatoms. The molecule has 0 radical (unpaired) electrons. The number of rotatable bonds is 11. The van der Waals surface area contributed by atoms with Crippen LogP contribution in [0.3, 0.4) is 0 Å². The van der Waals surface area contributed by atoms with Crippen molar-refractivity contribution in [3.63, 3.8) is 0 Å². The van der Waals surface area contributed by atoms with Crippen LogP contribution in [0.2, 0.25) is 5.02 Å². The second-order valence-corrected chi connectivity index (χ2v) is 13.1. The van der Waals surface area contributed by atoms with E-state index in [2.05, 4.69) is 54.2 Å². The predicted octanol–water partition coefficient (Wildman–Crippen LogP) is 5.57. The van der Waals surface area contributed by atoms with E-state index < -0.39 is 0 Å². The molecule has 1 aliphatic carbocycles. The SMILES string of the molecule is CC(C)Oc1nn(C2CCC(N3C[C@@H](C)O[C@@H](C)C3)CC2)cc1Nc1ncc(-c2ccc(Cl)c(O[C@@H](C)Cn3cnnn3)c2)cn1. The summed E-state index contributed by atoms with van der Waals surface area (Å²) in [6, 6.07) is 6.53. The van der Waals surface area contributed by atoms with Gasteiger partial charge >= 0.3 is 0 Å². The first-order valence-corrected chi connectivity index (χ1v) is 16.5. The molecule has 0 spiro atoms. The van der Waals surface area contributed by atoms with E-state index in [1.165, 1.54) is 0 Å². The van der Waals surface area contributed by atoms with E-state index in [9.17, 15) is 0 Å². The van der Waals surface area contributed by atoms with Gasteiger partial charge in [0.2, 0.25) is 5.95 Å². The molecule has 0 bridgehead atoms. The Morgan fingerprint density at radius 2 is 1.70 bits per heavy atom. The lowest BCUT2D eigenvalue weighted by Gasteiger charge is -2.42. The molecule has 3 atom stereocenters. The normalized spacial score (nSPS) is 22.9. The number of benzene rings is 1. The van der Waals surface area contributed by atoms with Crippen molar-refractivity contribution in [2.24, 2.45) is 0 Å². The van der Waals surface area contributed by atoms with Gasteiger partial charge in [0, 0.05) is 37.1 Å². The standard InChI is InChI=1S/C32H43ClN10O3/c1-20(2)44-31-29(18-43(38-31)27-9-7-26(8-10-27)41-15-21(3)45-22(4)16-41)37-32-34-13-25(14-35-32)24-6-11-28(33)30(12-24)46-23(5)17-42-19-36-39-40-42/h6,11-14,18-23,26-27H,7-10,15-17H2,1-5H3,(H,34,35,37)/t21-,22+,23-,26?,27?/m0/s1. The van der Waals surface area contributed by atoms with E-state index in [0.29, 0.717) is 41.2 Å². The number of nitrogens with one attached hydrogen (secondary N) is 1. The lowest BCUT2D eigenvalue weighted by Crippen LogP contribution is -2.51. The van der Waals surface area contributed by atoms with Crippen LogP contribution < -0.4 is 14.8 Å². The van der Waals surface area contributed by atoms with Gasteiger partial charge in [0.05, 0.1) is 42.1 Å². The Morgan fingerprint density at radius 1 is 0.978 bits per heavy atom. The summed E-state index contributed by atoms with van der Waals surface area (Å²) >= 11 is 6.45. The van der Waals surface area contributed by atoms with Crippen molar-refractivity contribution in [2.75, 3.05) is 18.4 Å². The van der Waals surface area contributed by atoms with Gasteiger partial charge in [-0.1, -0.05) is 17.7 Å². The zero-order valence-corrected chi connectivity index (χ0v) is 27.8. The van der Waals surface area contributed by atoms with Crippen molar-refractivity contribution in [2.45, 2.75) is 103 Å². The number of halogens is 1. The minimum absolute atomic E-state index is 0.0230. The van der Waals surface area contributed by atoms with Crippen LogP contribution in [0.1, 0.15) is 66.3 Å². The van der Waals surface area contributed by atoms with Crippen LogP contribution in [-0.4, -0.2) is 88.4 Å². The number of tetrazole rings is 1. The third-order valence-electron chi connectivity index (χ3n) is 8.38. The first-order valence-electron chi connectivity index (χ1n) is 16.1. The molecule has 2 fully saturated rings. The molecular formula is C32H43ClN10O3. The van der Waals surface area contributed by atoms with E-state index in [1.807, 2.05) is 45.2 Å².